The topological polar surface area (TPSA) is 89.5 Å². The smallest absolute Gasteiger partial charge is 0.262 e. The Bertz CT molecular complexity index is 1310. The van der Waals surface area contributed by atoms with Gasteiger partial charge in [0.05, 0.1) is 16.6 Å². The highest BCUT2D eigenvalue weighted by molar-refractivity contribution is 7.98. The van der Waals surface area contributed by atoms with E-state index in [9.17, 15) is 14.7 Å². The van der Waals surface area contributed by atoms with E-state index in [1.807, 2.05) is 31.2 Å². The van der Waals surface area contributed by atoms with Crippen molar-refractivity contribution in [3.8, 4) is 0 Å². The lowest BCUT2D eigenvalue weighted by molar-refractivity contribution is 0.276. The van der Waals surface area contributed by atoms with Crippen LogP contribution in [-0.4, -0.2) is 30.6 Å². The normalized spacial score (nSPS) is 11.4. The number of aliphatic hydroxyl groups is 1. The molecule has 4 aromatic rings. The van der Waals surface area contributed by atoms with Crippen LogP contribution in [0.3, 0.4) is 0 Å². The Balaban J connectivity index is 1.72. The van der Waals surface area contributed by atoms with Gasteiger partial charge in [0.2, 0.25) is 0 Å². The van der Waals surface area contributed by atoms with Crippen LogP contribution in [0.4, 0.5) is 0 Å². The Hall–Kier alpha value is -2.97. The van der Waals surface area contributed by atoms with Crippen molar-refractivity contribution >= 4 is 28.3 Å². The van der Waals surface area contributed by atoms with Gasteiger partial charge in [0.15, 0.2) is 5.16 Å². The number of hydrogen-bond donors (Lipinski definition) is 1. The van der Waals surface area contributed by atoms with Crippen molar-refractivity contribution < 1.29 is 5.11 Å². The zero-order valence-corrected chi connectivity index (χ0v) is 16.7. The van der Waals surface area contributed by atoms with Crippen molar-refractivity contribution in [3.63, 3.8) is 0 Å². The molecular formula is C21H20N4O3S. The maximum absolute atomic E-state index is 12.9. The van der Waals surface area contributed by atoms with Crippen molar-refractivity contribution in [2.24, 2.45) is 0 Å². The van der Waals surface area contributed by atoms with Crippen molar-refractivity contribution in [2.45, 2.75) is 30.8 Å². The van der Waals surface area contributed by atoms with Crippen LogP contribution in [0.2, 0.25) is 0 Å². The minimum Gasteiger partial charge on any atom is -0.396 e. The molecule has 0 spiro atoms. The van der Waals surface area contributed by atoms with E-state index >= 15 is 0 Å². The summed E-state index contributed by atoms with van der Waals surface area (Å²) in [5.74, 6) is 0.407. The molecule has 0 saturated heterocycles. The molecule has 1 aromatic carbocycles. The van der Waals surface area contributed by atoms with E-state index in [0.717, 1.165) is 5.56 Å². The predicted molar refractivity (Wildman–Crippen MR) is 113 cm³/mol. The van der Waals surface area contributed by atoms with Crippen LogP contribution in [-0.2, 0) is 12.3 Å². The molecule has 0 aliphatic rings. The molecular weight excluding hydrogens is 388 g/mol. The van der Waals surface area contributed by atoms with Gasteiger partial charge in [-0.2, -0.15) is 0 Å². The quantitative estimate of drug-likeness (QED) is 0.389. The molecule has 0 radical (unpaired) electrons. The average Bonchev–Trinajstić information content (AvgIpc) is 2.72. The summed E-state index contributed by atoms with van der Waals surface area (Å²) >= 11 is 1.36. The van der Waals surface area contributed by atoms with Crippen LogP contribution in [0, 0.1) is 6.92 Å². The van der Waals surface area contributed by atoms with Gasteiger partial charge in [-0.05, 0) is 37.1 Å². The van der Waals surface area contributed by atoms with Gasteiger partial charge in [0.1, 0.15) is 5.65 Å². The predicted octanol–water partition coefficient (Wildman–Crippen LogP) is 2.39. The molecule has 0 bridgehead atoms. The van der Waals surface area contributed by atoms with Gasteiger partial charge < -0.3 is 5.11 Å². The fourth-order valence-corrected chi connectivity index (χ4v) is 4.12. The third-order valence-corrected chi connectivity index (χ3v) is 5.66. The first-order chi connectivity index (χ1) is 14.1. The van der Waals surface area contributed by atoms with E-state index in [-0.39, 0.29) is 17.7 Å². The van der Waals surface area contributed by atoms with Crippen LogP contribution >= 0.6 is 11.8 Å². The molecule has 3 heterocycles. The van der Waals surface area contributed by atoms with E-state index in [2.05, 4.69) is 9.97 Å². The number of nitrogens with zero attached hydrogens (tertiary/aromatic N) is 4. The highest BCUT2D eigenvalue weighted by atomic mass is 32.2. The number of aryl methyl sites for hydroxylation is 1. The number of rotatable bonds is 6. The van der Waals surface area contributed by atoms with E-state index in [0.29, 0.717) is 46.1 Å². The van der Waals surface area contributed by atoms with E-state index < -0.39 is 0 Å². The summed E-state index contributed by atoms with van der Waals surface area (Å²) in [4.78, 5) is 34.6. The van der Waals surface area contributed by atoms with E-state index in [1.54, 1.807) is 22.9 Å². The van der Waals surface area contributed by atoms with Gasteiger partial charge in [-0.15, -0.1) is 0 Å². The lowest BCUT2D eigenvalue weighted by Crippen LogP contribution is -2.24. The number of hydrogen-bond acceptors (Lipinski definition) is 6. The summed E-state index contributed by atoms with van der Waals surface area (Å²) in [5, 5.41) is 10.3. The molecule has 4 rings (SSSR count). The molecule has 0 amide bonds. The molecule has 7 nitrogen and oxygen atoms in total. The summed E-state index contributed by atoms with van der Waals surface area (Å²) in [7, 11) is 0. The molecule has 0 unspecified atom stereocenters. The maximum Gasteiger partial charge on any atom is 0.262 e. The fourth-order valence-electron chi connectivity index (χ4n) is 3.21. The fraction of sp³-hybridized carbons (Fsp3) is 0.238. The Morgan fingerprint density at radius 2 is 1.93 bits per heavy atom. The standard InChI is InChI=1S/C21H20N4O3S/c1-14-6-4-9-24-18(27)12-15(22-19(14)24)13-29-21-23-17-8-3-2-7-16(17)20(28)25(21)10-5-11-26/h2-4,6-9,12,26H,5,10-11,13H2,1H3. The van der Waals surface area contributed by atoms with Crippen LogP contribution in [0.5, 0.6) is 0 Å². The Kier molecular flexibility index (Phi) is 5.46. The molecule has 0 fully saturated rings. The van der Waals surface area contributed by atoms with Crippen molar-refractivity contribution in [1.82, 2.24) is 18.9 Å². The second-order valence-electron chi connectivity index (χ2n) is 6.70. The molecule has 0 atom stereocenters. The third kappa shape index (κ3) is 3.81. The highest BCUT2D eigenvalue weighted by Crippen LogP contribution is 2.22. The molecule has 148 valence electrons. The maximum atomic E-state index is 12.9. The average molecular weight is 408 g/mol. The Morgan fingerprint density at radius 3 is 2.76 bits per heavy atom. The van der Waals surface area contributed by atoms with Gasteiger partial charge in [-0.25, -0.2) is 9.97 Å². The second-order valence-corrected chi connectivity index (χ2v) is 7.65. The van der Waals surface area contributed by atoms with Crippen LogP contribution in [0.1, 0.15) is 17.7 Å². The first-order valence-corrected chi connectivity index (χ1v) is 10.3. The lowest BCUT2D eigenvalue weighted by Gasteiger charge is -2.12. The molecule has 3 aromatic heterocycles. The Labute approximate surface area is 170 Å². The lowest BCUT2D eigenvalue weighted by atomic mass is 10.2. The van der Waals surface area contributed by atoms with Crippen molar-refractivity contribution in [2.75, 3.05) is 6.61 Å². The molecule has 0 aliphatic heterocycles. The minimum absolute atomic E-state index is 0.00829. The van der Waals surface area contributed by atoms with Gasteiger partial charge >= 0.3 is 0 Å². The number of aliphatic hydroxyl groups excluding tert-OH is 1. The highest BCUT2D eigenvalue weighted by Gasteiger charge is 2.13. The van der Waals surface area contributed by atoms with E-state index in [1.165, 1.54) is 22.2 Å². The van der Waals surface area contributed by atoms with Crippen molar-refractivity contribution in [1.29, 1.82) is 0 Å². The number of pyridine rings is 1. The number of benzene rings is 1. The van der Waals surface area contributed by atoms with Gasteiger partial charge in [-0.1, -0.05) is 30.0 Å². The molecule has 0 saturated carbocycles. The summed E-state index contributed by atoms with van der Waals surface area (Å²) < 4.78 is 3.11. The third-order valence-electron chi connectivity index (χ3n) is 4.65. The summed E-state index contributed by atoms with van der Waals surface area (Å²) in [6, 6.07) is 12.5. The first kappa shape index (κ1) is 19.4. The largest absolute Gasteiger partial charge is 0.396 e. The first-order valence-electron chi connectivity index (χ1n) is 9.29. The van der Waals surface area contributed by atoms with Gasteiger partial charge in [-0.3, -0.25) is 18.6 Å². The SMILES string of the molecule is Cc1cccn2c(=O)cc(CSc3nc4ccccc4c(=O)n3CCCO)nc12. The summed E-state index contributed by atoms with van der Waals surface area (Å²) in [6.45, 7) is 2.28. The number of aromatic nitrogens is 4. The van der Waals surface area contributed by atoms with Crippen LogP contribution in [0.25, 0.3) is 16.6 Å². The molecule has 29 heavy (non-hydrogen) atoms. The summed E-state index contributed by atoms with van der Waals surface area (Å²) in [5.41, 5.74) is 2.53. The monoisotopic (exact) mass is 408 g/mol. The zero-order valence-electron chi connectivity index (χ0n) is 15.9. The zero-order chi connectivity index (χ0) is 20.4. The summed E-state index contributed by atoms with van der Waals surface area (Å²) in [6.07, 6.45) is 2.16. The van der Waals surface area contributed by atoms with Crippen LogP contribution in [0.15, 0.2) is 63.4 Å². The molecule has 8 heteroatoms. The Morgan fingerprint density at radius 1 is 1.10 bits per heavy atom. The minimum atomic E-state index is -0.140. The number of fused-ring (bicyclic) bond motifs is 2. The second kappa shape index (κ2) is 8.18. The van der Waals surface area contributed by atoms with Crippen molar-refractivity contribution in [3.05, 3.63) is 80.6 Å². The van der Waals surface area contributed by atoms with E-state index in [4.69, 9.17) is 0 Å². The van der Waals surface area contributed by atoms with Gasteiger partial charge in [0, 0.05) is 31.2 Å². The number of thioether (sulfide) groups is 1. The van der Waals surface area contributed by atoms with Crippen LogP contribution < -0.4 is 11.1 Å². The van der Waals surface area contributed by atoms with Gasteiger partial charge in [0.25, 0.3) is 11.1 Å². The number of para-hydroxylation sites is 1. The molecule has 0 aliphatic carbocycles. The molecule has 1 N–H and O–H groups in total.